The second kappa shape index (κ2) is 7.94. The number of aliphatic hydroxyl groups is 1. The van der Waals surface area contributed by atoms with Crippen LogP contribution in [-0.2, 0) is 0 Å². The number of aromatic hydroxyl groups is 1. The molecule has 0 amide bonds. The van der Waals surface area contributed by atoms with Crippen molar-refractivity contribution in [2.24, 2.45) is 11.7 Å². The minimum absolute atomic E-state index is 0. The molecule has 0 bridgehead atoms. The van der Waals surface area contributed by atoms with Gasteiger partial charge < -0.3 is 20.7 Å². The van der Waals surface area contributed by atoms with E-state index in [0.29, 0.717) is 16.8 Å². The van der Waals surface area contributed by atoms with Crippen molar-refractivity contribution in [1.82, 2.24) is 0 Å². The zero-order valence-corrected chi connectivity index (χ0v) is 13.7. The van der Waals surface area contributed by atoms with Crippen molar-refractivity contribution in [3.05, 3.63) is 22.2 Å². The van der Waals surface area contributed by atoms with Crippen LogP contribution < -0.4 is 10.5 Å². The number of halogens is 2. The normalized spacial score (nSPS) is 13.8. The molecular weight excluding hydrogens is 334 g/mol. The van der Waals surface area contributed by atoms with E-state index in [1.165, 1.54) is 0 Å². The number of ether oxygens (including phenoxy) is 1. The Morgan fingerprint density at radius 1 is 1.37 bits per heavy atom. The molecule has 0 spiro atoms. The Hall–Kier alpha value is -0.490. The Kier molecular flexibility index (Phi) is 7.74. The molecule has 0 aromatic heterocycles. The number of nitrogens with two attached hydrogens (primary N) is 1. The Morgan fingerprint density at radius 3 is 2.42 bits per heavy atom. The van der Waals surface area contributed by atoms with Crippen LogP contribution >= 0.6 is 28.3 Å². The molecule has 0 heterocycles. The summed E-state index contributed by atoms with van der Waals surface area (Å²) in [6.45, 7) is 6.10. The molecule has 1 rings (SSSR count). The summed E-state index contributed by atoms with van der Waals surface area (Å²) < 4.78 is 5.84. The van der Waals surface area contributed by atoms with Gasteiger partial charge in [0.2, 0.25) is 0 Å². The van der Waals surface area contributed by atoms with Crippen molar-refractivity contribution >= 4 is 28.3 Å². The molecule has 19 heavy (non-hydrogen) atoms. The maximum absolute atomic E-state index is 9.99. The number of phenols is 1. The summed E-state index contributed by atoms with van der Waals surface area (Å²) in [5, 5.41) is 19.8. The maximum Gasteiger partial charge on any atom is 0.172 e. The van der Waals surface area contributed by atoms with Gasteiger partial charge in [0.25, 0.3) is 0 Å². The van der Waals surface area contributed by atoms with Crippen LogP contribution in [0, 0.1) is 5.92 Å². The zero-order chi connectivity index (χ0) is 13.9. The Balaban J connectivity index is 0.00000324. The highest BCUT2D eigenvalue weighted by Crippen LogP contribution is 2.37. The molecule has 0 unspecified atom stereocenters. The maximum atomic E-state index is 9.99. The van der Waals surface area contributed by atoms with Crippen LogP contribution in [0.2, 0.25) is 0 Å². The summed E-state index contributed by atoms with van der Waals surface area (Å²) in [5.41, 5.74) is 6.74. The predicted molar refractivity (Wildman–Crippen MR) is 82.0 cm³/mol. The molecule has 0 aliphatic heterocycles. The standard InChI is InChI=1S/C13H20BrNO3.ClH/c1-4-18-10-6-8(5-9(14)13(10)17)11(15)12(16)7(2)3;/h5-7,11-12,16-17H,4,15H2,1-3H3;1H/t11-,12+;/m0./s1. The first-order valence-electron chi connectivity index (χ1n) is 5.97. The molecule has 0 radical (unpaired) electrons. The molecular formula is C13H21BrClNO3. The van der Waals surface area contributed by atoms with Gasteiger partial charge in [-0.05, 0) is 46.5 Å². The monoisotopic (exact) mass is 353 g/mol. The van der Waals surface area contributed by atoms with E-state index in [0.717, 1.165) is 5.56 Å². The van der Waals surface area contributed by atoms with Crippen LogP contribution in [0.5, 0.6) is 11.5 Å². The van der Waals surface area contributed by atoms with Crippen molar-refractivity contribution in [2.75, 3.05) is 6.61 Å². The van der Waals surface area contributed by atoms with Gasteiger partial charge in [0, 0.05) is 0 Å². The van der Waals surface area contributed by atoms with Gasteiger partial charge in [0.15, 0.2) is 11.5 Å². The summed E-state index contributed by atoms with van der Waals surface area (Å²) in [5.74, 6) is 0.475. The predicted octanol–water partition coefficient (Wildman–Crippen LogP) is 2.99. The van der Waals surface area contributed by atoms with Gasteiger partial charge in [-0.15, -0.1) is 12.4 Å². The Labute approximate surface area is 128 Å². The van der Waals surface area contributed by atoms with Gasteiger partial charge in [0.1, 0.15) is 0 Å². The summed E-state index contributed by atoms with van der Waals surface area (Å²) in [4.78, 5) is 0. The minimum atomic E-state index is -0.643. The SMILES string of the molecule is CCOc1cc([C@H](N)[C@H](O)C(C)C)cc(Br)c1O.Cl. The number of hydrogen-bond donors (Lipinski definition) is 3. The van der Waals surface area contributed by atoms with E-state index in [-0.39, 0.29) is 24.1 Å². The first-order chi connectivity index (χ1) is 8.38. The van der Waals surface area contributed by atoms with Crippen molar-refractivity contribution in [1.29, 1.82) is 0 Å². The van der Waals surface area contributed by atoms with Crippen LogP contribution in [-0.4, -0.2) is 22.9 Å². The lowest BCUT2D eigenvalue weighted by atomic mass is 9.94. The molecule has 4 N–H and O–H groups in total. The number of benzene rings is 1. The molecule has 6 heteroatoms. The van der Waals surface area contributed by atoms with Crippen molar-refractivity contribution in [3.63, 3.8) is 0 Å². The molecule has 1 aromatic carbocycles. The fourth-order valence-electron chi connectivity index (χ4n) is 1.66. The number of phenolic OH excluding ortho intramolecular Hbond substituents is 1. The average Bonchev–Trinajstić information content (AvgIpc) is 2.32. The van der Waals surface area contributed by atoms with Crippen LogP contribution in [0.1, 0.15) is 32.4 Å². The molecule has 0 aliphatic carbocycles. The highest BCUT2D eigenvalue weighted by Gasteiger charge is 2.22. The van der Waals surface area contributed by atoms with Crippen LogP contribution in [0.3, 0.4) is 0 Å². The minimum Gasteiger partial charge on any atom is -0.503 e. The van der Waals surface area contributed by atoms with Crippen LogP contribution in [0.15, 0.2) is 16.6 Å². The third-order valence-electron chi connectivity index (χ3n) is 2.79. The van der Waals surface area contributed by atoms with E-state index in [4.69, 9.17) is 10.5 Å². The molecule has 0 aliphatic rings. The largest absolute Gasteiger partial charge is 0.503 e. The van der Waals surface area contributed by atoms with E-state index < -0.39 is 12.1 Å². The van der Waals surface area contributed by atoms with E-state index in [2.05, 4.69) is 15.9 Å². The molecule has 110 valence electrons. The molecule has 1 aromatic rings. The summed E-state index contributed by atoms with van der Waals surface area (Å²) in [6, 6.07) is 2.86. The molecule has 0 fully saturated rings. The first-order valence-corrected chi connectivity index (χ1v) is 6.76. The topological polar surface area (TPSA) is 75.7 Å². The Morgan fingerprint density at radius 2 is 1.95 bits per heavy atom. The van der Waals surface area contributed by atoms with E-state index in [9.17, 15) is 10.2 Å². The lowest BCUT2D eigenvalue weighted by Gasteiger charge is -2.23. The highest BCUT2D eigenvalue weighted by atomic mass is 79.9. The average molecular weight is 355 g/mol. The third-order valence-corrected chi connectivity index (χ3v) is 3.39. The van der Waals surface area contributed by atoms with Gasteiger partial charge in [-0.25, -0.2) is 0 Å². The fraction of sp³-hybridized carbons (Fsp3) is 0.538. The zero-order valence-electron chi connectivity index (χ0n) is 11.3. The number of aliphatic hydroxyl groups excluding tert-OH is 1. The smallest absolute Gasteiger partial charge is 0.172 e. The quantitative estimate of drug-likeness (QED) is 0.760. The molecule has 4 nitrogen and oxygen atoms in total. The van der Waals surface area contributed by atoms with E-state index in [1.807, 2.05) is 20.8 Å². The van der Waals surface area contributed by atoms with Crippen molar-refractivity contribution in [2.45, 2.75) is 32.9 Å². The molecule has 2 atom stereocenters. The Bertz CT molecular complexity index is 415. The van der Waals surface area contributed by atoms with Gasteiger partial charge in [0.05, 0.1) is 23.2 Å². The second-order valence-electron chi connectivity index (χ2n) is 4.54. The molecule has 0 saturated carbocycles. The fourth-order valence-corrected chi connectivity index (χ4v) is 2.12. The summed E-state index contributed by atoms with van der Waals surface area (Å²) in [7, 11) is 0. The van der Waals surface area contributed by atoms with Gasteiger partial charge in [-0.2, -0.15) is 0 Å². The first kappa shape index (κ1) is 18.5. The van der Waals surface area contributed by atoms with Crippen molar-refractivity contribution in [3.8, 4) is 11.5 Å². The van der Waals surface area contributed by atoms with Crippen LogP contribution in [0.25, 0.3) is 0 Å². The third kappa shape index (κ3) is 4.53. The second-order valence-corrected chi connectivity index (χ2v) is 5.40. The van der Waals surface area contributed by atoms with Crippen molar-refractivity contribution < 1.29 is 14.9 Å². The van der Waals surface area contributed by atoms with E-state index in [1.54, 1.807) is 12.1 Å². The van der Waals surface area contributed by atoms with Gasteiger partial charge in [-0.3, -0.25) is 0 Å². The lowest BCUT2D eigenvalue weighted by molar-refractivity contribution is 0.0978. The lowest BCUT2D eigenvalue weighted by Crippen LogP contribution is -2.30. The van der Waals surface area contributed by atoms with Crippen LogP contribution in [0.4, 0.5) is 0 Å². The highest BCUT2D eigenvalue weighted by molar-refractivity contribution is 9.10. The molecule has 0 saturated heterocycles. The van der Waals surface area contributed by atoms with Gasteiger partial charge >= 0.3 is 0 Å². The summed E-state index contributed by atoms with van der Waals surface area (Å²) in [6.07, 6.45) is -0.643. The number of rotatable bonds is 5. The number of hydrogen-bond acceptors (Lipinski definition) is 4. The van der Waals surface area contributed by atoms with E-state index >= 15 is 0 Å². The summed E-state index contributed by atoms with van der Waals surface area (Å²) >= 11 is 3.25. The van der Waals surface area contributed by atoms with Gasteiger partial charge in [-0.1, -0.05) is 13.8 Å².